The Balaban J connectivity index is 0.000000236. The first kappa shape index (κ1) is 9.34. The molecule has 0 radical (unpaired) electrons. The van der Waals surface area contributed by atoms with Crippen LogP contribution < -0.4 is 0 Å². The van der Waals surface area contributed by atoms with Gasteiger partial charge in [-0.05, 0) is 6.92 Å². The summed E-state index contributed by atoms with van der Waals surface area (Å²) in [6.45, 7) is 2.08. The van der Waals surface area contributed by atoms with Crippen LogP contribution in [-0.2, 0) is 22.5 Å². The van der Waals surface area contributed by atoms with E-state index in [4.69, 9.17) is 7.67 Å². The first-order chi connectivity index (χ1) is 4.81. The Morgan fingerprint density at radius 1 is 1.10 bits per heavy atom. The summed E-state index contributed by atoms with van der Waals surface area (Å²) in [6, 6.07) is 10.3. The average Bonchev–Trinajstić information content (AvgIpc) is 1.91. The molecule has 0 spiro atoms. The van der Waals surface area contributed by atoms with E-state index >= 15 is 0 Å². The first-order valence-corrected chi connectivity index (χ1v) is 3.68. The van der Waals surface area contributed by atoms with Gasteiger partial charge in [0.2, 0.25) is 0 Å². The van der Waals surface area contributed by atoms with E-state index in [1.165, 1.54) is 5.56 Å². The van der Waals surface area contributed by atoms with Crippen molar-refractivity contribution in [2.24, 2.45) is 0 Å². The van der Waals surface area contributed by atoms with Crippen LogP contribution in [0.25, 0.3) is 0 Å². The van der Waals surface area contributed by atoms with Crippen LogP contribution in [0.5, 0.6) is 0 Å². The maximum absolute atomic E-state index is 8.41. The number of hydrogen-bond donors (Lipinski definition) is 0. The predicted molar refractivity (Wildman–Crippen MR) is 32.6 cm³/mol. The van der Waals surface area contributed by atoms with E-state index in [1.807, 2.05) is 18.2 Å². The molecule has 0 atom stereocenters. The van der Waals surface area contributed by atoms with Gasteiger partial charge in [0, 0.05) is 0 Å². The van der Waals surface area contributed by atoms with Gasteiger partial charge in [-0.25, -0.2) is 0 Å². The van der Waals surface area contributed by atoms with Crippen molar-refractivity contribution in [3.8, 4) is 0 Å². The standard InChI is InChI=1S/C7H8.Mn.2O/c1-7-5-3-2-4-6-7;;;/h2-6H,1H3;;;. The van der Waals surface area contributed by atoms with Crippen molar-refractivity contribution in [1.82, 2.24) is 0 Å². The van der Waals surface area contributed by atoms with Crippen LogP contribution in [0, 0.1) is 6.92 Å². The van der Waals surface area contributed by atoms with Gasteiger partial charge in [-0.1, -0.05) is 35.9 Å². The van der Waals surface area contributed by atoms with Gasteiger partial charge in [-0.2, -0.15) is 0 Å². The van der Waals surface area contributed by atoms with Gasteiger partial charge < -0.3 is 0 Å². The van der Waals surface area contributed by atoms with E-state index < -0.39 is 14.8 Å². The molecule has 0 aliphatic heterocycles. The number of hydrogen-bond acceptors (Lipinski definition) is 2. The summed E-state index contributed by atoms with van der Waals surface area (Å²) in [7, 11) is 0. The summed E-state index contributed by atoms with van der Waals surface area (Å²) in [5.41, 5.74) is 1.32. The molecule has 1 aromatic carbocycles. The molecule has 0 fully saturated rings. The fourth-order valence-corrected chi connectivity index (χ4v) is 0.534. The number of rotatable bonds is 0. The van der Waals surface area contributed by atoms with Crippen LogP contribution in [0.1, 0.15) is 5.56 Å². The van der Waals surface area contributed by atoms with E-state index in [0.29, 0.717) is 0 Å². The summed E-state index contributed by atoms with van der Waals surface area (Å²) in [5.74, 6) is 0. The average molecular weight is 179 g/mol. The quantitative estimate of drug-likeness (QED) is 0.568. The van der Waals surface area contributed by atoms with Gasteiger partial charge >= 0.3 is 22.5 Å². The van der Waals surface area contributed by atoms with Crippen LogP contribution >= 0.6 is 0 Å². The van der Waals surface area contributed by atoms with E-state index in [1.54, 1.807) is 0 Å². The minimum absolute atomic E-state index is 1.32. The van der Waals surface area contributed by atoms with Crippen LogP contribution in [0.15, 0.2) is 30.3 Å². The van der Waals surface area contributed by atoms with Crippen molar-refractivity contribution in [3.63, 3.8) is 0 Å². The molecule has 55 valence electrons. The Hall–Kier alpha value is -0.661. The second-order valence-electron chi connectivity index (χ2n) is 1.72. The van der Waals surface area contributed by atoms with E-state index in [0.717, 1.165) is 0 Å². The third-order valence-electron chi connectivity index (χ3n) is 0.940. The fraction of sp³-hybridized carbons (Fsp3) is 0.143. The molecular formula is C7H8MnO2. The zero-order valence-corrected chi connectivity index (χ0v) is 6.76. The molecule has 0 aliphatic carbocycles. The van der Waals surface area contributed by atoms with E-state index in [-0.39, 0.29) is 0 Å². The van der Waals surface area contributed by atoms with Crippen molar-refractivity contribution >= 4 is 0 Å². The molecule has 0 saturated heterocycles. The molecule has 3 heteroatoms. The molecule has 0 unspecified atom stereocenters. The molecule has 1 aromatic rings. The second-order valence-corrected chi connectivity index (χ2v) is 1.91. The molecule has 0 amide bonds. The summed E-state index contributed by atoms with van der Waals surface area (Å²) in [6.07, 6.45) is 0. The summed E-state index contributed by atoms with van der Waals surface area (Å²) >= 11 is -1.44. The summed E-state index contributed by atoms with van der Waals surface area (Å²) in [5, 5.41) is 0. The predicted octanol–water partition coefficient (Wildman–Crippen LogP) is 1.75. The van der Waals surface area contributed by atoms with Crippen LogP contribution in [0.2, 0.25) is 0 Å². The third kappa shape index (κ3) is 5.48. The number of aryl methyl sites for hydroxylation is 1. The van der Waals surface area contributed by atoms with E-state index in [2.05, 4.69) is 19.1 Å². The van der Waals surface area contributed by atoms with Gasteiger partial charge in [0.1, 0.15) is 0 Å². The van der Waals surface area contributed by atoms with E-state index in [9.17, 15) is 0 Å². The van der Waals surface area contributed by atoms with Gasteiger partial charge in [0.15, 0.2) is 0 Å². The molecule has 1 rings (SSSR count). The zero-order chi connectivity index (χ0) is 7.82. The molecule has 0 saturated carbocycles. The second kappa shape index (κ2) is 6.46. The van der Waals surface area contributed by atoms with Crippen molar-refractivity contribution in [2.45, 2.75) is 6.92 Å². The normalized spacial score (nSPS) is 7.30. The number of benzene rings is 1. The Labute approximate surface area is 65.8 Å². The zero-order valence-electron chi connectivity index (χ0n) is 5.58. The molecule has 2 nitrogen and oxygen atoms in total. The minimum atomic E-state index is -1.44. The first-order valence-electron chi connectivity index (χ1n) is 2.72. The van der Waals surface area contributed by atoms with Gasteiger partial charge in [0.25, 0.3) is 0 Å². The Morgan fingerprint density at radius 3 is 1.70 bits per heavy atom. The Kier molecular flexibility index (Phi) is 6.03. The van der Waals surface area contributed by atoms with Crippen molar-refractivity contribution in [3.05, 3.63) is 35.9 Å². The molecule has 0 aliphatic rings. The summed E-state index contributed by atoms with van der Waals surface area (Å²) in [4.78, 5) is 0. The van der Waals surface area contributed by atoms with Crippen molar-refractivity contribution in [2.75, 3.05) is 0 Å². The monoisotopic (exact) mass is 179 g/mol. The third-order valence-corrected chi connectivity index (χ3v) is 0.940. The topological polar surface area (TPSA) is 34.1 Å². The van der Waals surface area contributed by atoms with Crippen LogP contribution in [-0.4, -0.2) is 0 Å². The maximum atomic E-state index is 8.41. The molecule has 0 N–H and O–H groups in total. The SMILES string of the molecule is Cc1ccccc1.[O]=[Mn]=[O]. The van der Waals surface area contributed by atoms with Crippen LogP contribution in [0.4, 0.5) is 0 Å². The fourth-order valence-electron chi connectivity index (χ4n) is 0.534. The van der Waals surface area contributed by atoms with Crippen molar-refractivity contribution < 1.29 is 22.5 Å². The summed E-state index contributed by atoms with van der Waals surface area (Å²) < 4.78 is 16.8. The van der Waals surface area contributed by atoms with Gasteiger partial charge in [-0.15, -0.1) is 0 Å². The Morgan fingerprint density at radius 2 is 1.50 bits per heavy atom. The Bertz CT molecular complexity index is 202. The van der Waals surface area contributed by atoms with Gasteiger partial charge in [0.05, 0.1) is 0 Å². The molecule has 0 aromatic heterocycles. The molecule has 0 heterocycles. The van der Waals surface area contributed by atoms with Gasteiger partial charge in [-0.3, -0.25) is 0 Å². The van der Waals surface area contributed by atoms with Crippen LogP contribution in [0.3, 0.4) is 0 Å². The molecule has 10 heavy (non-hydrogen) atoms. The molecular weight excluding hydrogens is 171 g/mol. The van der Waals surface area contributed by atoms with Crippen molar-refractivity contribution in [1.29, 1.82) is 0 Å². The molecule has 0 bridgehead atoms.